The molecule has 2 N–H and O–H groups in total. The highest BCUT2D eigenvalue weighted by atomic mass is 16.6. The minimum atomic E-state index is -0.826. The second-order valence-corrected chi connectivity index (χ2v) is 12.3. The van der Waals surface area contributed by atoms with Gasteiger partial charge in [0.2, 0.25) is 11.8 Å². The van der Waals surface area contributed by atoms with E-state index < -0.39 is 23.8 Å². The predicted molar refractivity (Wildman–Crippen MR) is 154 cm³/mol. The first-order valence-electron chi connectivity index (χ1n) is 14.0. The van der Waals surface area contributed by atoms with Gasteiger partial charge in [0.1, 0.15) is 17.7 Å². The molecule has 1 aliphatic rings. The molecule has 7 heteroatoms. The van der Waals surface area contributed by atoms with Crippen molar-refractivity contribution in [2.75, 3.05) is 0 Å². The zero-order valence-electron chi connectivity index (χ0n) is 24.7. The van der Waals surface area contributed by atoms with E-state index in [0.717, 1.165) is 28.7 Å². The van der Waals surface area contributed by atoms with Crippen LogP contribution in [0.15, 0.2) is 48.5 Å². The Balaban J connectivity index is 2.02. The van der Waals surface area contributed by atoms with Crippen LogP contribution in [0, 0.1) is 25.7 Å². The largest absolute Gasteiger partial charge is 0.444 e. The van der Waals surface area contributed by atoms with Gasteiger partial charge in [-0.1, -0.05) is 69.3 Å². The van der Waals surface area contributed by atoms with Gasteiger partial charge in [-0.2, -0.15) is 0 Å². The molecule has 1 aliphatic carbocycles. The lowest BCUT2D eigenvalue weighted by Gasteiger charge is -2.36. The molecular weight excluding hydrogens is 490 g/mol. The van der Waals surface area contributed by atoms with Gasteiger partial charge in [-0.3, -0.25) is 9.59 Å². The van der Waals surface area contributed by atoms with Crippen molar-refractivity contribution in [1.82, 2.24) is 15.5 Å². The summed E-state index contributed by atoms with van der Waals surface area (Å²) in [6.07, 6.45) is 0.600. The maximum atomic E-state index is 14.4. The van der Waals surface area contributed by atoms with E-state index >= 15 is 0 Å². The van der Waals surface area contributed by atoms with Crippen molar-refractivity contribution in [2.45, 2.75) is 98.5 Å². The van der Waals surface area contributed by atoms with Crippen LogP contribution in [-0.2, 0) is 20.9 Å². The minimum Gasteiger partial charge on any atom is -0.444 e. The van der Waals surface area contributed by atoms with Crippen LogP contribution >= 0.6 is 0 Å². The number of hydrogen-bond donors (Lipinski definition) is 2. The van der Waals surface area contributed by atoms with E-state index in [4.69, 9.17) is 4.74 Å². The van der Waals surface area contributed by atoms with Crippen LogP contribution in [0.5, 0.6) is 0 Å². The molecule has 212 valence electrons. The summed E-state index contributed by atoms with van der Waals surface area (Å²) in [7, 11) is 0. The number of hydrogen-bond acceptors (Lipinski definition) is 4. The number of carbonyl (C=O) groups is 3. The molecule has 1 saturated carbocycles. The lowest BCUT2D eigenvalue weighted by molar-refractivity contribution is -0.143. The zero-order valence-corrected chi connectivity index (χ0v) is 24.7. The number of ether oxygens (including phenoxy) is 1. The monoisotopic (exact) mass is 535 g/mol. The standard InChI is InChI=1S/C32H45N3O4/c1-20(2)17-25(34-31(38)39-32(6,7)8)30(37)35(26-18-23(26)5)28(27-21(3)13-12-14-22(27)4)29(36)33-19-24-15-10-9-11-16-24/h9-16,20,23,25-26,28H,17-19H2,1-8H3,(H,33,36)(H,34,38). The van der Waals surface area contributed by atoms with Crippen molar-refractivity contribution in [3.05, 3.63) is 70.8 Å². The first kappa shape index (κ1) is 30.2. The third-order valence-corrected chi connectivity index (χ3v) is 7.03. The number of alkyl carbamates (subject to hydrolysis) is 1. The Morgan fingerprint density at radius 1 is 1.00 bits per heavy atom. The molecule has 2 aromatic rings. The summed E-state index contributed by atoms with van der Waals surface area (Å²) in [5.41, 5.74) is 3.00. The van der Waals surface area contributed by atoms with E-state index in [9.17, 15) is 14.4 Å². The molecule has 0 spiro atoms. The van der Waals surface area contributed by atoms with Gasteiger partial charge in [0.25, 0.3) is 0 Å². The number of nitrogens with zero attached hydrogens (tertiary/aromatic N) is 1. The van der Waals surface area contributed by atoms with Gasteiger partial charge < -0.3 is 20.3 Å². The molecule has 0 aromatic heterocycles. The Labute approximate surface area is 233 Å². The van der Waals surface area contributed by atoms with E-state index in [-0.39, 0.29) is 29.7 Å². The van der Waals surface area contributed by atoms with Crippen LogP contribution in [0.4, 0.5) is 4.79 Å². The average Bonchev–Trinajstić information content (AvgIpc) is 3.55. The number of benzene rings is 2. The van der Waals surface area contributed by atoms with Crippen LogP contribution in [0.2, 0.25) is 0 Å². The summed E-state index contributed by atoms with van der Waals surface area (Å²) in [5, 5.41) is 5.92. The van der Waals surface area contributed by atoms with Crippen LogP contribution < -0.4 is 10.6 Å². The molecule has 3 rings (SSSR count). The molecule has 0 aliphatic heterocycles. The van der Waals surface area contributed by atoms with Gasteiger partial charge in [-0.15, -0.1) is 0 Å². The minimum absolute atomic E-state index is 0.0981. The van der Waals surface area contributed by atoms with Crippen molar-refractivity contribution < 1.29 is 19.1 Å². The molecule has 0 heterocycles. The third-order valence-electron chi connectivity index (χ3n) is 7.03. The molecule has 1 fully saturated rings. The number of amides is 3. The summed E-state index contributed by atoms with van der Waals surface area (Å²) in [4.78, 5) is 43.0. The summed E-state index contributed by atoms with van der Waals surface area (Å²) in [6, 6.07) is 13.9. The van der Waals surface area contributed by atoms with Crippen molar-refractivity contribution >= 4 is 17.9 Å². The summed E-state index contributed by atoms with van der Waals surface area (Å²) < 4.78 is 5.50. The van der Waals surface area contributed by atoms with Gasteiger partial charge in [0.05, 0.1) is 0 Å². The molecule has 4 unspecified atom stereocenters. The fraction of sp³-hybridized carbons (Fsp3) is 0.531. The quantitative estimate of drug-likeness (QED) is 0.400. The van der Waals surface area contributed by atoms with E-state index in [1.54, 1.807) is 25.7 Å². The highest BCUT2D eigenvalue weighted by Crippen LogP contribution is 2.42. The highest BCUT2D eigenvalue weighted by Gasteiger charge is 2.48. The first-order chi connectivity index (χ1) is 18.3. The third kappa shape index (κ3) is 8.32. The van der Waals surface area contributed by atoms with Gasteiger partial charge in [0.15, 0.2) is 0 Å². The predicted octanol–water partition coefficient (Wildman–Crippen LogP) is 5.84. The molecule has 39 heavy (non-hydrogen) atoms. The molecule has 0 bridgehead atoms. The molecule has 2 aromatic carbocycles. The van der Waals surface area contributed by atoms with Crippen LogP contribution in [0.25, 0.3) is 0 Å². The normalized spacial score (nSPS) is 18.2. The van der Waals surface area contributed by atoms with Crippen molar-refractivity contribution in [3.8, 4) is 0 Å². The number of aryl methyl sites for hydroxylation is 2. The zero-order chi connectivity index (χ0) is 28.9. The SMILES string of the molecule is Cc1cccc(C)c1C(C(=O)NCc1ccccc1)N(C(=O)C(CC(C)C)NC(=O)OC(C)(C)C)C1CC1C. The summed E-state index contributed by atoms with van der Waals surface area (Å²) >= 11 is 0. The second-order valence-electron chi connectivity index (χ2n) is 12.3. The van der Waals surface area contributed by atoms with Crippen molar-refractivity contribution in [3.63, 3.8) is 0 Å². The highest BCUT2D eigenvalue weighted by molar-refractivity contribution is 5.93. The van der Waals surface area contributed by atoms with E-state index in [0.29, 0.717) is 13.0 Å². The Morgan fingerprint density at radius 3 is 2.10 bits per heavy atom. The van der Waals surface area contributed by atoms with Crippen molar-refractivity contribution in [2.24, 2.45) is 11.8 Å². The Kier molecular flexibility index (Phi) is 9.81. The van der Waals surface area contributed by atoms with Crippen LogP contribution in [-0.4, -0.2) is 40.5 Å². The Hall–Kier alpha value is -3.35. The topological polar surface area (TPSA) is 87.7 Å². The number of rotatable bonds is 10. The second kappa shape index (κ2) is 12.7. The molecule has 0 radical (unpaired) electrons. The number of carbonyl (C=O) groups excluding carboxylic acids is 3. The maximum Gasteiger partial charge on any atom is 0.408 e. The molecule has 7 nitrogen and oxygen atoms in total. The lowest BCUT2D eigenvalue weighted by Crippen LogP contribution is -2.54. The average molecular weight is 536 g/mol. The van der Waals surface area contributed by atoms with E-state index in [2.05, 4.69) is 17.6 Å². The van der Waals surface area contributed by atoms with Crippen LogP contribution in [0.1, 0.15) is 82.7 Å². The molecule has 4 atom stereocenters. The van der Waals surface area contributed by atoms with Gasteiger partial charge in [-0.05, 0) is 81.5 Å². The molecule has 3 amide bonds. The van der Waals surface area contributed by atoms with Gasteiger partial charge in [0, 0.05) is 12.6 Å². The van der Waals surface area contributed by atoms with Crippen molar-refractivity contribution in [1.29, 1.82) is 0 Å². The fourth-order valence-electron chi connectivity index (χ4n) is 5.03. The summed E-state index contributed by atoms with van der Waals surface area (Å²) in [6.45, 7) is 15.8. The smallest absolute Gasteiger partial charge is 0.408 e. The van der Waals surface area contributed by atoms with Gasteiger partial charge in [-0.25, -0.2) is 4.79 Å². The first-order valence-corrected chi connectivity index (χ1v) is 14.0. The molecule has 0 saturated heterocycles. The Morgan fingerprint density at radius 2 is 1.59 bits per heavy atom. The Bertz CT molecular complexity index is 1140. The van der Waals surface area contributed by atoms with Gasteiger partial charge >= 0.3 is 6.09 Å². The molecular formula is C32H45N3O4. The van der Waals surface area contributed by atoms with E-state index in [1.165, 1.54) is 0 Å². The lowest BCUT2D eigenvalue weighted by atomic mass is 9.92. The maximum absolute atomic E-state index is 14.4. The summed E-state index contributed by atoms with van der Waals surface area (Å²) in [5.74, 6) is -0.0995. The fourth-order valence-corrected chi connectivity index (χ4v) is 5.03. The van der Waals surface area contributed by atoms with Crippen LogP contribution in [0.3, 0.4) is 0 Å². The number of nitrogens with one attached hydrogen (secondary N) is 2. The van der Waals surface area contributed by atoms with E-state index in [1.807, 2.05) is 76.2 Å².